The summed E-state index contributed by atoms with van der Waals surface area (Å²) >= 11 is 1.80. The first-order chi connectivity index (χ1) is 8.47. The minimum absolute atomic E-state index is 0.458. The van der Waals surface area contributed by atoms with E-state index in [9.17, 15) is 0 Å². The molecule has 0 bridgehead atoms. The van der Waals surface area contributed by atoms with Crippen LogP contribution in [0.25, 0.3) is 0 Å². The maximum absolute atomic E-state index is 4.50. The zero-order valence-electron chi connectivity index (χ0n) is 11.7. The van der Waals surface area contributed by atoms with Crippen molar-refractivity contribution in [2.24, 2.45) is 7.05 Å². The molecule has 0 radical (unpaired) electrons. The second-order valence-electron chi connectivity index (χ2n) is 5.13. The molecular formula is C15H20N2S. The summed E-state index contributed by atoms with van der Waals surface area (Å²) < 4.78 is 2.11. The third-order valence-corrected chi connectivity index (χ3v) is 4.03. The Balaban J connectivity index is 2.36. The van der Waals surface area contributed by atoms with Gasteiger partial charge >= 0.3 is 0 Å². The molecule has 0 aliphatic carbocycles. The fraction of sp³-hybridized carbons (Fsp3) is 0.400. The SMILES string of the molecule is Cc1cc(C)cc(Sc2c(C(C)C)ncn2C)c1. The van der Waals surface area contributed by atoms with Crippen LogP contribution < -0.4 is 0 Å². The highest BCUT2D eigenvalue weighted by Gasteiger charge is 2.13. The number of benzene rings is 1. The minimum atomic E-state index is 0.458. The molecular weight excluding hydrogens is 240 g/mol. The van der Waals surface area contributed by atoms with Gasteiger partial charge in [0.1, 0.15) is 5.03 Å². The Morgan fingerprint density at radius 1 is 1.11 bits per heavy atom. The van der Waals surface area contributed by atoms with Crippen LogP contribution in [-0.4, -0.2) is 9.55 Å². The smallest absolute Gasteiger partial charge is 0.103 e. The van der Waals surface area contributed by atoms with Crippen molar-refractivity contribution in [2.45, 2.75) is 43.5 Å². The molecule has 0 N–H and O–H groups in total. The van der Waals surface area contributed by atoms with E-state index >= 15 is 0 Å². The number of rotatable bonds is 3. The average molecular weight is 260 g/mol. The molecule has 18 heavy (non-hydrogen) atoms. The quantitative estimate of drug-likeness (QED) is 0.818. The van der Waals surface area contributed by atoms with Gasteiger partial charge in [0.15, 0.2) is 0 Å². The summed E-state index contributed by atoms with van der Waals surface area (Å²) in [6.07, 6.45) is 1.90. The zero-order valence-corrected chi connectivity index (χ0v) is 12.5. The van der Waals surface area contributed by atoms with Gasteiger partial charge in [-0.1, -0.05) is 31.7 Å². The van der Waals surface area contributed by atoms with Gasteiger partial charge in [-0.2, -0.15) is 0 Å². The maximum Gasteiger partial charge on any atom is 0.103 e. The molecule has 0 saturated carbocycles. The Labute approximate surface area is 113 Å². The normalized spacial score (nSPS) is 11.2. The fourth-order valence-corrected chi connectivity index (χ4v) is 3.36. The van der Waals surface area contributed by atoms with Crippen LogP contribution in [0.2, 0.25) is 0 Å². The van der Waals surface area contributed by atoms with Gasteiger partial charge in [0, 0.05) is 11.9 Å². The van der Waals surface area contributed by atoms with Crippen LogP contribution in [-0.2, 0) is 7.05 Å². The predicted octanol–water partition coefficient (Wildman–Crippen LogP) is 4.31. The average Bonchev–Trinajstić information content (AvgIpc) is 2.59. The Morgan fingerprint density at radius 2 is 1.72 bits per heavy atom. The van der Waals surface area contributed by atoms with Gasteiger partial charge in [0.05, 0.1) is 12.0 Å². The summed E-state index contributed by atoms with van der Waals surface area (Å²) in [4.78, 5) is 5.79. The van der Waals surface area contributed by atoms with E-state index in [0.29, 0.717) is 5.92 Å². The highest BCUT2D eigenvalue weighted by molar-refractivity contribution is 7.99. The topological polar surface area (TPSA) is 17.8 Å². The molecule has 0 fully saturated rings. The predicted molar refractivity (Wildman–Crippen MR) is 77.3 cm³/mol. The number of aromatic nitrogens is 2. The standard InChI is InChI=1S/C15H20N2S/c1-10(2)14-15(17(5)9-16-14)18-13-7-11(3)6-12(4)8-13/h6-10H,1-5H3. The Hall–Kier alpha value is -1.22. The first-order valence-corrected chi connectivity index (χ1v) is 7.06. The molecule has 0 spiro atoms. The van der Waals surface area contributed by atoms with Crippen molar-refractivity contribution in [3.05, 3.63) is 41.3 Å². The van der Waals surface area contributed by atoms with E-state index in [-0.39, 0.29) is 0 Å². The van der Waals surface area contributed by atoms with Gasteiger partial charge in [0.2, 0.25) is 0 Å². The second kappa shape index (κ2) is 5.19. The van der Waals surface area contributed by atoms with Crippen molar-refractivity contribution >= 4 is 11.8 Å². The van der Waals surface area contributed by atoms with E-state index in [0.717, 1.165) is 0 Å². The first kappa shape index (κ1) is 13.2. The molecule has 1 aromatic carbocycles. The van der Waals surface area contributed by atoms with E-state index in [1.807, 2.05) is 6.33 Å². The minimum Gasteiger partial charge on any atom is -0.328 e. The molecule has 0 amide bonds. The lowest BCUT2D eigenvalue weighted by atomic mass is 10.1. The molecule has 1 aromatic heterocycles. The summed E-state index contributed by atoms with van der Waals surface area (Å²) in [5.74, 6) is 0.458. The maximum atomic E-state index is 4.50. The van der Waals surface area contributed by atoms with E-state index in [2.05, 4.69) is 62.5 Å². The van der Waals surface area contributed by atoms with Gasteiger partial charge in [-0.3, -0.25) is 0 Å². The molecule has 0 unspecified atom stereocenters. The molecule has 3 heteroatoms. The molecule has 2 aromatic rings. The van der Waals surface area contributed by atoms with Gasteiger partial charge in [-0.25, -0.2) is 4.98 Å². The third-order valence-electron chi connectivity index (χ3n) is 2.87. The number of imidazole rings is 1. The highest BCUT2D eigenvalue weighted by atomic mass is 32.2. The van der Waals surface area contributed by atoms with Crippen molar-refractivity contribution in [3.63, 3.8) is 0 Å². The van der Waals surface area contributed by atoms with Crippen LogP contribution in [0.4, 0.5) is 0 Å². The number of nitrogens with zero attached hydrogens (tertiary/aromatic N) is 2. The molecule has 1 heterocycles. The van der Waals surface area contributed by atoms with Gasteiger partial charge in [0.25, 0.3) is 0 Å². The molecule has 96 valence electrons. The summed E-state index contributed by atoms with van der Waals surface area (Å²) in [5.41, 5.74) is 3.80. The van der Waals surface area contributed by atoms with Crippen LogP contribution in [0.15, 0.2) is 34.4 Å². The molecule has 2 rings (SSSR count). The fourth-order valence-electron chi connectivity index (χ4n) is 2.06. The van der Waals surface area contributed by atoms with Crippen LogP contribution in [0.5, 0.6) is 0 Å². The van der Waals surface area contributed by atoms with Crippen molar-refractivity contribution in [2.75, 3.05) is 0 Å². The van der Waals surface area contributed by atoms with Gasteiger partial charge in [-0.05, 0) is 43.0 Å². The van der Waals surface area contributed by atoms with Crippen molar-refractivity contribution < 1.29 is 0 Å². The lowest BCUT2D eigenvalue weighted by Gasteiger charge is -2.09. The third kappa shape index (κ3) is 2.78. The van der Waals surface area contributed by atoms with Crippen molar-refractivity contribution in [1.82, 2.24) is 9.55 Å². The molecule has 0 aliphatic heterocycles. The van der Waals surface area contributed by atoms with Gasteiger partial charge in [-0.15, -0.1) is 0 Å². The Kier molecular flexibility index (Phi) is 3.81. The van der Waals surface area contributed by atoms with Crippen molar-refractivity contribution in [3.8, 4) is 0 Å². The summed E-state index contributed by atoms with van der Waals surface area (Å²) in [6.45, 7) is 8.66. The second-order valence-corrected chi connectivity index (χ2v) is 6.19. The summed E-state index contributed by atoms with van der Waals surface area (Å²) in [6, 6.07) is 6.67. The van der Waals surface area contributed by atoms with E-state index < -0.39 is 0 Å². The van der Waals surface area contributed by atoms with E-state index in [1.54, 1.807) is 11.8 Å². The Bertz CT molecular complexity index is 535. The lowest BCUT2D eigenvalue weighted by Crippen LogP contribution is -1.94. The van der Waals surface area contributed by atoms with Crippen LogP contribution in [0, 0.1) is 13.8 Å². The van der Waals surface area contributed by atoms with Crippen molar-refractivity contribution in [1.29, 1.82) is 0 Å². The Morgan fingerprint density at radius 3 is 2.28 bits per heavy atom. The molecule has 0 saturated heterocycles. The van der Waals surface area contributed by atoms with Gasteiger partial charge < -0.3 is 4.57 Å². The lowest BCUT2D eigenvalue weighted by molar-refractivity contribution is 0.764. The number of aryl methyl sites for hydroxylation is 3. The van der Waals surface area contributed by atoms with Crippen LogP contribution in [0.1, 0.15) is 36.6 Å². The van der Waals surface area contributed by atoms with Crippen LogP contribution >= 0.6 is 11.8 Å². The highest BCUT2D eigenvalue weighted by Crippen LogP contribution is 2.33. The monoisotopic (exact) mass is 260 g/mol. The first-order valence-electron chi connectivity index (χ1n) is 6.24. The molecule has 2 nitrogen and oxygen atoms in total. The molecule has 0 aliphatic rings. The van der Waals surface area contributed by atoms with E-state index in [4.69, 9.17) is 0 Å². The molecule has 0 atom stereocenters. The van der Waals surface area contributed by atoms with E-state index in [1.165, 1.54) is 26.7 Å². The summed E-state index contributed by atoms with van der Waals surface area (Å²) in [7, 11) is 2.06. The van der Waals surface area contributed by atoms with Crippen LogP contribution in [0.3, 0.4) is 0 Å². The number of hydrogen-bond acceptors (Lipinski definition) is 2. The number of hydrogen-bond donors (Lipinski definition) is 0. The largest absolute Gasteiger partial charge is 0.328 e. The summed E-state index contributed by atoms with van der Waals surface area (Å²) in [5, 5.41) is 1.25. The zero-order chi connectivity index (χ0) is 13.3.